The van der Waals surface area contributed by atoms with Gasteiger partial charge in [-0.2, -0.15) is 5.10 Å². The van der Waals surface area contributed by atoms with Crippen molar-refractivity contribution < 1.29 is 14.5 Å². The van der Waals surface area contributed by atoms with Crippen molar-refractivity contribution in [2.45, 2.75) is 12.0 Å². The van der Waals surface area contributed by atoms with Crippen LogP contribution in [0.25, 0.3) is 0 Å². The lowest BCUT2D eigenvalue weighted by Gasteiger charge is -2.15. The highest BCUT2D eigenvalue weighted by Gasteiger charge is 2.60. The van der Waals surface area contributed by atoms with Crippen LogP contribution in [0.1, 0.15) is 17.5 Å². The van der Waals surface area contributed by atoms with E-state index in [2.05, 4.69) is 10.5 Å². The van der Waals surface area contributed by atoms with E-state index in [1.807, 2.05) is 30.3 Å². The topological polar surface area (TPSA) is 93.8 Å². The monoisotopic (exact) mass is 339 g/mol. The zero-order chi connectivity index (χ0) is 17.9. The maximum atomic E-state index is 12.3. The average molecular weight is 339 g/mol. The van der Waals surface area contributed by atoms with E-state index in [1.165, 1.54) is 18.3 Å². The van der Waals surface area contributed by atoms with Crippen LogP contribution in [0.5, 0.6) is 0 Å². The summed E-state index contributed by atoms with van der Waals surface area (Å²) in [6, 6.07) is 15.5. The molecule has 1 N–H and O–H groups in total. The van der Waals surface area contributed by atoms with Crippen molar-refractivity contribution in [2.75, 3.05) is 7.11 Å². The van der Waals surface area contributed by atoms with Crippen LogP contribution in [-0.2, 0) is 15.1 Å². The summed E-state index contributed by atoms with van der Waals surface area (Å²) in [4.78, 5) is 22.4. The maximum Gasteiger partial charge on any atom is 0.269 e. The number of rotatable bonds is 6. The molecule has 0 heterocycles. The lowest BCUT2D eigenvalue weighted by molar-refractivity contribution is -0.384. The third kappa shape index (κ3) is 3.41. The van der Waals surface area contributed by atoms with Crippen LogP contribution >= 0.6 is 0 Å². The van der Waals surface area contributed by atoms with Gasteiger partial charge < -0.3 is 4.74 Å². The highest BCUT2D eigenvalue weighted by Crippen LogP contribution is 2.54. The number of benzene rings is 2. The standard InChI is InChI=1S/C18H17N3O4/c1-25-18(14-5-3-2-4-6-14)11-16(18)17(22)20-19-12-13-7-9-15(10-8-13)21(23)24/h2-10,12,16H,11H2,1H3,(H,20,22)/b19-12-/t16-,18+/m0/s1. The fourth-order valence-electron chi connectivity index (χ4n) is 2.86. The lowest BCUT2D eigenvalue weighted by Crippen LogP contribution is -2.25. The fourth-order valence-corrected chi connectivity index (χ4v) is 2.86. The maximum absolute atomic E-state index is 12.3. The van der Waals surface area contributed by atoms with Gasteiger partial charge in [0.1, 0.15) is 5.60 Å². The van der Waals surface area contributed by atoms with Gasteiger partial charge in [-0.05, 0) is 29.7 Å². The van der Waals surface area contributed by atoms with E-state index in [1.54, 1.807) is 19.2 Å². The SMILES string of the molecule is CO[C@@]1(c2ccccc2)C[C@H]1C(=O)N/N=C\c1ccc([N+](=O)[O-])cc1. The van der Waals surface area contributed by atoms with Gasteiger partial charge in [-0.15, -0.1) is 0 Å². The van der Waals surface area contributed by atoms with Gasteiger partial charge in [-0.1, -0.05) is 30.3 Å². The number of nitrogens with zero attached hydrogens (tertiary/aromatic N) is 2. The number of methoxy groups -OCH3 is 1. The van der Waals surface area contributed by atoms with Crippen LogP contribution in [0.4, 0.5) is 5.69 Å². The lowest BCUT2D eigenvalue weighted by atomic mass is 10.1. The minimum Gasteiger partial charge on any atom is -0.373 e. The number of hydrogen-bond donors (Lipinski definition) is 1. The number of nitrogens with one attached hydrogen (secondary N) is 1. The molecule has 1 saturated carbocycles. The molecule has 3 rings (SSSR count). The summed E-state index contributed by atoms with van der Waals surface area (Å²) in [6.45, 7) is 0. The van der Waals surface area contributed by atoms with E-state index in [0.717, 1.165) is 5.56 Å². The fraction of sp³-hybridized carbons (Fsp3) is 0.222. The highest BCUT2D eigenvalue weighted by atomic mass is 16.6. The third-order valence-corrected chi connectivity index (χ3v) is 4.35. The van der Waals surface area contributed by atoms with Crippen molar-refractivity contribution in [1.82, 2.24) is 5.43 Å². The second kappa shape index (κ2) is 6.82. The van der Waals surface area contributed by atoms with Crippen molar-refractivity contribution in [2.24, 2.45) is 11.0 Å². The Morgan fingerprint density at radius 3 is 2.56 bits per heavy atom. The number of carbonyl (C=O) groups is 1. The summed E-state index contributed by atoms with van der Waals surface area (Å²) in [5.41, 5.74) is 3.55. The second-order valence-corrected chi connectivity index (χ2v) is 5.80. The molecule has 2 aromatic carbocycles. The number of hydrazone groups is 1. The van der Waals surface area contributed by atoms with Crippen LogP contribution in [-0.4, -0.2) is 24.2 Å². The average Bonchev–Trinajstić information content (AvgIpc) is 3.39. The first-order valence-electron chi connectivity index (χ1n) is 7.75. The normalized spacial score (nSPS) is 21.9. The van der Waals surface area contributed by atoms with E-state index >= 15 is 0 Å². The third-order valence-electron chi connectivity index (χ3n) is 4.35. The molecule has 128 valence electrons. The predicted octanol–water partition coefficient (Wildman–Crippen LogP) is 2.61. The number of carbonyl (C=O) groups excluding carboxylic acids is 1. The Hall–Kier alpha value is -3.06. The van der Waals surface area contributed by atoms with E-state index in [4.69, 9.17) is 4.74 Å². The Morgan fingerprint density at radius 1 is 1.28 bits per heavy atom. The Kier molecular flexibility index (Phi) is 4.58. The number of amides is 1. The molecule has 7 nitrogen and oxygen atoms in total. The molecule has 0 unspecified atom stereocenters. The Balaban J connectivity index is 1.61. The van der Waals surface area contributed by atoms with Crippen LogP contribution in [0.2, 0.25) is 0 Å². The van der Waals surface area contributed by atoms with Gasteiger partial charge in [-0.25, -0.2) is 5.43 Å². The van der Waals surface area contributed by atoms with Gasteiger partial charge in [0.05, 0.1) is 17.1 Å². The molecular formula is C18H17N3O4. The summed E-state index contributed by atoms with van der Waals surface area (Å²) in [5.74, 6) is -0.516. The summed E-state index contributed by atoms with van der Waals surface area (Å²) < 4.78 is 5.59. The highest BCUT2D eigenvalue weighted by molar-refractivity contribution is 5.86. The van der Waals surface area contributed by atoms with Crippen LogP contribution in [0, 0.1) is 16.0 Å². The molecule has 7 heteroatoms. The van der Waals surface area contributed by atoms with Gasteiger partial charge >= 0.3 is 0 Å². The van der Waals surface area contributed by atoms with Gasteiger partial charge in [0.2, 0.25) is 5.91 Å². The first kappa shape index (κ1) is 16.8. The molecule has 1 amide bonds. The van der Waals surface area contributed by atoms with Crippen LogP contribution in [0.15, 0.2) is 59.7 Å². The summed E-state index contributed by atoms with van der Waals surface area (Å²) in [5, 5.41) is 14.5. The van der Waals surface area contributed by atoms with Gasteiger partial charge in [0.15, 0.2) is 0 Å². The largest absolute Gasteiger partial charge is 0.373 e. The smallest absolute Gasteiger partial charge is 0.269 e. The van der Waals surface area contributed by atoms with Crippen molar-refractivity contribution in [3.8, 4) is 0 Å². The molecule has 0 aromatic heterocycles. The summed E-state index contributed by atoms with van der Waals surface area (Å²) in [7, 11) is 1.60. The van der Waals surface area contributed by atoms with Gasteiger partial charge in [0.25, 0.3) is 5.69 Å². The predicted molar refractivity (Wildman–Crippen MR) is 92.1 cm³/mol. The molecule has 1 fully saturated rings. The van der Waals surface area contributed by atoms with Crippen molar-refractivity contribution >= 4 is 17.8 Å². The molecule has 1 aliphatic carbocycles. The Bertz CT molecular complexity index is 805. The summed E-state index contributed by atoms with van der Waals surface area (Å²) >= 11 is 0. The molecule has 2 atom stereocenters. The Labute approximate surface area is 144 Å². The molecule has 0 bridgehead atoms. The molecule has 1 aliphatic rings. The molecule has 0 saturated heterocycles. The first-order valence-corrected chi connectivity index (χ1v) is 7.75. The number of nitro groups is 1. The Morgan fingerprint density at radius 2 is 1.96 bits per heavy atom. The quantitative estimate of drug-likeness (QED) is 0.497. The summed E-state index contributed by atoms with van der Waals surface area (Å²) in [6.07, 6.45) is 2.05. The first-order chi connectivity index (χ1) is 12.1. The van der Waals surface area contributed by atoms with Crippen molar-refractivity contribution in [3.05, 3.63) is 75.8 Å². The van der Waals surface area contributed by atoms with E-state index in [0.29, 0.717) is 12.0 Å². The van der Waals surface area contributed by atoms with Gasteiger partial charge in [-0.3, -0.25) is 14.9 Å². The minimum atomic E-state index is -0.589. The number of hydrogen-bond acceptors (Lipinski definition) is 5. The minimum absolute atomic E-state index is 0.00639. The molecule has 0 radical (unpaired) electrons. The van der Waals surface area contributed by atoms with Crippen LogP contribution < -0.4 is 5.43 Å². The van der Waals surface area contributed by atoms with E-state index in [-0.39, 0.29) is 17.5 Å². The van der Waals surface area contributed by atoms with Gasteiger partial charge in [0, 0.05) is 19.2 Å². The zero-order valence-electron chi connectivity index (χ0n) is 13.6. The molecule has 0 aliphatic heterocycles. The zero-order valence-corrected chi connectivity index (χ0v) is 13.6. The van der Waals surface area contributed by atoms with E-state index in [9.17, 15) is 14.9 Å². The molecule has 25 heavy (non-hydrogen) atoms. The molecule has 2 aromatic rings. The van der Waals surface area contributed by atoms with Crippen molar-refractivity contribution in [3.63, 3.8) is 0 Å². The number of ether oxygens (including phenoxy) is 1. The van der Waals surface area contributed by atoms with E-state index < -0.39 is 10.5 Å². The van der Waals surface area contributed by atoms with Crippen molar-refractivity contribution in [1.29, 1.82) is 0 Å². The number of nitro benzene ring substituents is 1. The number of non-ortho nitro benzene ring substituents is 1. The molecular weight excluding hydrogens is 322 g/mol. The molecule has 0 spiro atoms. The van der Waals surface area contributed by atoms with Crippen LogP contribution in [0.3, 0.4) is 0 Å². The second-order valence-electron chi connectivity index (χ2n) is 5.80.